The van der Waals surface area contributed by atoms with Crippen molar-refractivity contribution in [3.63, 3.8) is 0 Å². The molecule has 1 aromatic heterocycles. The number of sulfone groups is 1. The maximum atomic E-state index is 13.0. The Balaban J connectivity index is 1.66. The molecule has 2 aromatic carbocycles. The summed E-state index contributed by atoms with van der Waals surface area (Å²) in [5.74, 6) is 0.224. The van der Waals surface area contributed by atoms with Gasteiger partial charge in [-0.1, -0.05) is 42.5 Å². The lowest BCUT2D eigenvalue weighted by Crippen LogP contribution is -2.28. The first-order valence-electron chi connectivity index (χ1n) is 9.29. The lowest BCUT2D eigenvalue weighted by atomic mass is 10.1. The third-order valence-corrected chi connectivity index (χ3v) is 6.48. The highest BCUT2D eigenvalue weighted by Gasteiger charge is 2.35. The fourth-order valence-electron chi connectivity index (χ4n) is 3.43. The van der Waals surface area contributed by atoms with E-state index in [9.17, 15) is 13.2 Å². The van der Waals surface area contributed by atoms with Gasteiger partial charge in [-0.2, -0.15) is 0 Å². The van der Waals surface area contributed by atoms with Gasteiger partial charge in [-0.25, -0.2) is 13.4 Å². The first kappa shape index (κ1) is 19.2. The lowest BCUT2D eigenvalue weighted by Gasteiger charge is -2.10. The van der Waals surface area contributed by atoms with Crippen LogP contribution in [0.3, 0.4) is 0 Å². The van der Waals surface area contributed by atoms with Crippen molar-refractivity contribution >= 4 is 15.7 Å². The highest BCUT2D eigenvalue weighted by molar-refractivity contribution is 7.91. The summed E-state index contributed by atoms with van der Waals surface area (Å²) in [4.78, 5) is 17.4. The molecule has 2 heterocycles. The molecule has 1 N–H and O–H groups in total. The normalized spacial score (nSPS) is 14.4. The number of nitrogens with one attached hydrogen (secondary N) is 1. The smallest absolute Gasteiger partial charge is 0.270 e. The molecule has 1 aliphatic rings. The van der Waals surface area contributed by atoms with Crippen LogP contribution in [0, 0.1) is 0 Å². The highest BCUT2D eigenvalue weighted by atomic mass is 32.2. The van der Waals surface area contributed by atoms with E-state index in [0.29, 0.717) is 30.0 Å². The van der Waals surface area contributed by atoms with Crippen molar-refractivity contribution in [1.82, 2.24) is 14.9 Å². The topological polar surface area (TPSA) is 90.3 Å². The van der Waals surface area contributed by atoms with Crippen LogP contribution >= 0.6 is 0 Å². The highest BCUT2D eigenvalue weighted by Crippen LogP contribution is 2.31. The van der Waals surface area contributed by atoms with Gasteiger partial charge >= 0.3 is 0 Å². The molecule has 7 nitrogen and oxygen atoms in total. The van der Waals surface area contributed by atoms with Crippen LogP contribution in [0.25, 0.3) is 11.3 Å². The first-order chi connectivity index (χ1) is 14.0. The summed E-state index contributed by atoms with van der Waals surface area (Å²) in [6.45, 7) is 0.656. The quantitative estimate of drug-likeness (QED) is 0.672. The number of methoxy groups -OCH3 is 1. The molecule has 0 fully saturated rings. The summed E-state index contributed by atoms with van der Waals surface area (Å²) in [5.41, 5.74) is 2.36. The van der Waals surface area contributed by atoms with Crippen LogP contribution in [0.15, 0.2) is 59.8 Å². The average Bonchev–Trinajstić information content (AvgIpc) is 3.26. The Morgan fingerprint density at radius 1 is 1.17 bits per heavy atom. The predicted octanol–water partition coefficient (Wildman–Crippen LogP) is 2.32. The molecule has 0 spiro atoms. The van der Waals surface area contributed by atoms with Gasteiger partial charge in [-0.3, -0.25) is 4.79 Å². The van der Waals surface area contributed by atoms with E-state index >= 15 is 0 Å². The molecule has 0 radical (unpaired) electrons. The van der Waals surface area contributed by atoms with Gasteiger partial charge in [0.1, 0.15) is 17.1 Å². The van der Waals surface area contributed by atoms with E-state index < -0.39 is 9.84 Å². The molecule has 150 valence electrons. The van der Waals surface area contributed by atoms with Gasteiger partial charge in [-0.15, -0.1) is 0 Å². The molecule has 1 amide bonds. The number of hydrogen-bond acceptors (Lipinski definition) is 5. The summed E-state index contributed by atoms with van der Waals surface area (Å²) in [5, 5.41) is 2.85. The summed E-state index contributed by atoms with van der Waals surface area (Å²) in [7, 11) is -1.94. The number of nitrogens with zero attached hydrogens (tertiary/aromatic N) is 2. The Morgan fingerprint density at radius 3 is 2.72 bits per heavy atom. The van der Waals surface area contributed by atoms with Gasteiger partial charge in [0.05, 0.1) is 12.9 Å². The molecule has 0 atom stereocenters. The van der Waals surface area contributed by atoms with Crippen LogP contribution in [0.1, 0.15) is 16.1 Å². The minimum Gasteiger partial charge on any atom is -0.497 e. The van der Waals surface area contributed by atoms with Crippen LogP contribution in [0.5, 0.6) is 5.75 Å². The number of fused-ring (bicyclic) bond motifs is 1. The molecule has 0 saturated heterocycles. The van der Waals surface area contributed by atoms with Gasteiger partial charge < -0.3 is 14.6 Å². The van der Waals surface area contributed by atoms with Crippen molar-refractivity contribution in [2.75, 3.05) is 19.4 Å². The number of ether oxygens (including phenoxy) is 1. The van der Waals surface area contributed by atoms with Gasteiger partial charge in [0.15, 0.2) is 0 Å². The van der Waals surface area contributed by atoms with Crippen molar-refractivity contribution in [2.24, 2.45) is 0 Å². The standard InChI is InChI=1S/C21H21N3O4S/c1-28-17-9-5-8-16(14-17)18-19(24-12-13-29(26,27)21(24)23-18)20(25)22-11-10-15-6-3-2-4-7-15/h2-9,14H,10-13H2,1H3,(H,22,25). The van der Waals surface area contributed by atoms with E-state index in [1.807, 2.05) is 30.3 Å². The van der Waals surface area contributed by atoms with E-state index in [2.05, 4.69) is 10.3 Å². The Bertz CT molecular complexity index is 1150. The van der Waals surface area contributed by atoms with E-state index in [0.717, 1.165) is 5.56 Å². The number of hydrogen-bond donors (Lipinski definition) is 1. The number of carbonyl (C=O) groups excluding carboxylic acids is 1. The maximum absolute atomic E-state index is 13.0. The molecule has 0 bridgehead atoms. The molecule has 1 aliphatic heterocycles. The Kier molecular flexibility index (Phi) is 5.10. The summed E-state index contributed by atoms with van der Waals surface area (Å²) in [6.07, 6.45) is 0.681. The van der Waals surface area contributed by atoms with Crippen LogP contribution in [-0.4, -0.2) is 43.3 Å². The molecule has 0 saturated carbocycles. The number of aromatic nitrogens is 2. The number of carbonyl (C=O) groups is 1. The zero-order valence-electron chi connectivity index (χ0n) is 16.0. The Morgan fingerprint density at radius 2 is 1.97 bits per heavy atom. The average molecular weight is 411 g/mol. The van der Waals surface area contributed by atoms with Crippen LogP contribution in [0.2, 0.25) is 0 Å². The van der Waals surface area contributed by atoms with Crippen molar-refractivity contribution in [3.05, 3.63) is 65.9 Å². The second-order valence-electron chi connectivity index (χ2n) is 6.79. The number of benzene rings is 2. The monoisotopic (exact) mass is 411 g/mol. The molecule has 8 heteroatoms. The minimum atomic E-state index is -3.49. The van der Waals surface area contributed by atoms with Crippen molar-refractivity contribution < 1.29 is 17.9 Å². The predicted molar refractivity (Wildman–Crippen MR) is 109 cm³/mol. The fraction of sp³-hybridized carbons (Fsp3) is 0.238. The number of rotatable bonds is 6. The molecule has 3 aromatic rings. The largest absolute Gasteiger partial charge is 0.497 e. The molecular weight excluding hydrogens is 390 g/mol. The van der Waals surface area contributed by atoms with Gasteiger partial charge in [-0.05, 0) is 24.1 Å². The molecular formula is C21H21N3O4S. The zero-order valence-corrected chi connectivity index (χ0v) is 16.8. The second-order valence-corrected chi connectivity index (χ2v) is 8.79. The van der Waals surface area contributed by atoms with E-state index in [1.165, 1.54) is 4.57 Å². The Hall–Kier alpha value is -3.13. The zero-order chi connectivity index (χ0) is 20.4. The molecule has 4 rings (SSSR count). The maximum Gasteiger partial charge on any atom is 0.270 e. The number of amides is 1. The second kappa shape index (κ2) is 7.71. The summed E-state index contributed by atoms with van der Waals surface area (Å²) in [6, 6.07) is 16.9. The Labute approximate surface area is 169 Å². The number of imidazole rings is 1. The van der Waals surface area contributed by atoms with Gasteiger partial charge in [0.25, 0.3) is 5.91 Å². The van der Waals surface area contributed by atoms with E-state index in [1.54, 1.807) is 31.4 Å². The van der Waals surface area contributed by atoms with Gasteiger partial charge in [0.2, 0.25) is 15.0 Å². The summed E-state index contributed by atoms with van der Waals surface area (Å²) < 4.78 is 31.5. The van der Waals surface area contributed by atoms with E-state index in [-0.39, 0.29) is 29.1 Å². The minimum absolute atomic E-state index is 0.0436. The van der Waals surface area contributed by atoms with Crippen LogP contribution in [0.4, 0.5) is 0 Å². The first-order valence-corrected chi connectivity index (χ1v) is 10.9. The molecule has 0 aliphatic carbocycles. The fourth-order valence-corrected chi connectivity index (χ4v) is 4.78. The SMILES string of the molecule is COc1cccc(-c2nc3n(c2C(=O)NCCc2ccccc2)CCS3(=O)=O)c1. The lowest BCUT2D eigenvalue weighted by molar-refractivity contribution is 0.0945. The van der Waals surface area contributed by atoms with Crippen molar-refractivity contribution in [1.29, 1.82) is 0 Å². The summed E-state index contributed by atoms with van der Waals surface area (Å²) >= 11 is 0. The van der Waals surface area contributed by atoms with E-state index in [4.69, 9.17) is 4.74 Å². The van der Waals surface area contributed by atoms with Crippen molar-refractivity contribution in [2.45, 2.75) is 18.1 Å². The van der Waals surface area contributed by atoms with Crippen molar-refractivity contribution in [3.8, 4) is 17.0 Å². The molecule has 29 heavy (non-hydrogen) atoms. The molecule has 0 unspecified atom stereocenters. The third-order valence-electron chi connectivity index (χ3n) is 4.89. The van der Waals surface area contributed by atoms with Crippen LogP contribution < -0.4 is 10.1 Å². The van der Waals surface area contributed by atoms with Gasteiger partial charge in [0, 0.05) is 18.7 Å². The van der Waals surface area contributed by atoms with Crippen LogP contribution in [-0.2, 0) is 22.8 Å². The third kappa shape index (κ3) is 3.75.